The third kappa shape index (κ3) is 26.8. The Hall–Kier alpha value is -2.34. The summed E-state index contributed by atoms with van der Waals surface area (Å²) >= 11 is 14.1. The highest BCUT2D eigenvalue weighted by atomic mass is 32.1. The van der Waals surface area contributed by atoms with Crippen molar-refractivity contribution in [3.63, 3.8) is 0 Å². The van der Waals surface area contributed by atoms with Gasteiger partial charge in [-0.1, -0.05) is 270 Å². The molecule has 0 aromatic carbocycles. The molecule has 0 unspecified atom stereocenters. The van der Waals surface area contributed by atoms with Crippen LogP contribution in [0.4, 0.5) is 0 Å². The zero-order valence-electron chi connectivity index (χ0n) is 57.0. The molecule has 0 fully saturated rings. The van der Waals surface area contributed by atoms with Gasteiger partial charge in [0.15, 0.2) is 5.06 Å². The van der Waals surface area contributed by atoms with E-state index in [9.17, 15) is 0 Å². The van der Waals surface area contributed by atoms with Crippen molar-refractivity contribution >= 4 is 79.4 Å². The fourth-order valence-electron chi connectivity index (χ4n) is 12.9. The van der Waals surface area contributed by atoms with E-state index in [1.807, 2.05) is 68.0 Å². The molecule has 0 radical (unpaired) electrons. The largest absolute Gasteiger partial charge is 0.482 e. The molecule has 0 saturated carbocycles. The third-order valence-corrected chi connectivity index (χ3v) is 27.2. The van der Waals surface area contributed by atoms with Gasteiger partial charge in [0.2, 0.25) is 0 Å². The molecule has 7 aromatic rings. The van der Waals surface area contributed by atoms with Crippen molar-refractivity contribution in [3.8, 4) is 63.6 Å². The minimum Gasteiger partial charge on any atom is -0.482 e. The lowest BCUT2D eigenvalue weighted by Gasteiger charge is -2.04. The van der Waals surface area contributed by atoms with Crippen LogP contribution in [-0.4, -0.2) is 20.3 Å². The Morgan fingerprint density at radius 3 is 0.865 bits per heavy atom. The normalized spacial score (nSPS) is 11.8. The molecule has 0 aliphatic rings. The van der Waals surface area contributed by atoms with Gasteiger partial charge in [-0.05, 0) is 141 Å². The average Bonchev–Trinajstić information content (AvgIpc) is 2.21. The highest BCUT2D eigenvalue weighted by Gasteiger charge is 2.22. The summed E-state index contributed by atoms with van der Waals surface area (Å²) in [6.07, 6.45) is 59.7. The summed E-state index contributed by atoms with van der Waals surface area (Å²) in [5, 5.41) is 1.04. The molecule has 494 valence electrons. The Kier molecular flexibility index (Phi) is 37.5. The van der Waals surface area contributed by atoms with Gasteiger partial charge in [-0.3, -0.25) is 0 Å². The van der Waals surface area contributed by atoms with E-state index >= 15 is 0 Å². The van der Waals surface area contributed by atoms with E-state index in [1.54, 1.807) is 28.7 Å². The topological polar surface area (TPSA) is 18.5 Å². The van der Waals surface area contributed by atoms with Gasteiger partial charge in [0.1, 0.15) is 6.61 Å². The van der Waals surface area contributed by atoms with Crippen molar-refractivity contribution in [2.75, 3.05) is 20.3 Å². The summed E-state index contributed by atoms with van der Waals surface area (Å²) in [5.41, 5.74) is 6.19. The minimum atomic E-state index is 0.593. The van der Waals surface area contributed by atoms with E-state index in [4.69, 9.17) is 9.47 Å². The van der Waals surface area contributed by atoms with Crippen LogP contribution < -0.4 is 4.74 Å². The van der Waals surface area contributed by atoms with Gasteiger partial charge in [0.25, 0.3) is 0 Å². The number of hydrogen-bond acceptors (Lipinski definition) is 9. The predicted octanol–water partition coefficient (Wildman–Crippen LogP) is 30.3. The summed E-state index contributed by atoms with van der Waals surface area (Å²) in [6, 6.07) is 24.7. The first-order valence-corrected chi connectivity index (χ1v) is 42.5. The van der Waals surface area contributed by atoms with Gasteiger partial charge in [-0.2, -0.15) is 0 Å². The Balaban J connectivity index is 1.06. The first-order chi connectivity index (χ1) is 43.9. The summed E-state index contributed by atoms with van der Waals surface area (Å²) in [5.74, 6) is 0. The van der Waals surface area contributed by atoms with Crippen molar-refractivity contribution < 1.29 is 9.47 Å². The number of thiophene rings is 7. The molecule has 0 bridgehead atoms. The van der Waals surface area contributed by atoms with Crippen LogP contribution in [0.25, 0.3) is 58.5 Å². The highest BCUT2D eigenvalue weighted by Crippen LogP contribution is 2.51. The highest BCUT2D eigenvalue weighted by molar-refractivity contribution is 7.31. The summed E-state index contributed by atoms with van der Waals surface area (Å²) < 4.78 is 11.8. The molecule has 0 amide bonds. The predicted molar refractivity (Wildman–Crippen MR) is 408 cm³/mol. The van der Waals surface area contributed by atoms with Gasteiger partial charge in [0, 0.05) is 65.6 Å². The lowest BCUT2D eigenvalue weighted by molar-refractivity contribution is 0.148. The van der Waals surface area contributed by atoms with Crippen molar-refractivity contribution in [1.82, 2.24) is 0 Å². The second-order valence-electron chi connectivity index (χ2n) is 26.1. The number of rotatable bonds is 54. The number of unbranched alkanes of at least 4 members (excludes halogenated alkanes) is 36. The van der Waals surface area contributed by atoms with Crippen LogP contribution in [-0.2, 0) is 30.4 Å². The summed E-state index contributed by atoms with van der Waals surface area (Å²) in [6.45, 7) is 12.8. The molecule has 9 heteroatoms. The molecule has 89 heavy (non-hydrogen) atoms. The maximum absolute atomic E-state index is 6.36. The molecular weight excluding hydrogens is 1220 g/mol. The molecule has 7 heterocycles. The number of methoxy groups -OCH3 is 1. The van der Waals surface area contributed by atoms with E-state index in [0.29, 0.717) is 13.2 Å². The van der Waals surface area contributed by atoms with Crippen molar-refractivity contribution in [3.05, 3.63) is 87.8 Å². The first kappa shape index (κ1) is 74.1. The first-order valence-electron chi connectivity index (χ1n) is 36.8. The van der Waals surface area contributed by atoms with Crippen molar-refractivity contribution in [1.29, 1.82) is 0 Å². The van der Waals surface area contributed by atoms with Crippen molar-refractivity contribution in [2.45, 2.75) is 317 Å². The van der Waals surface area contributed by atoms with Gasteiger partial charge in [-0.25, -0.2) is 0 Å². The average molecular weight is 1340 g/mol. The molecule has 0 spiro atoms. The third-order valence-electron chi connectivity index (χ3n) is 18.3. The molecule has 0 aliphatic carbocycles. The molecule has 0 atom stereocenters. The van der Waals surface area contributed by atoms with Gasteiger partial charge in [-0.15, -0.1) is 68.0 Å². The van der Waals surface area contributed by atoms with E-state index in [0.717, 1.165) is 17.9 Å². The Morgan fingerprint density at radius 1 is 0.258 bits per heavy atom. The fraction of sp³-hybridized carbons (Fsp3) is 0.650. The fourth-order valence-corrected chi connectivity index (χ4v) is 21.3. The summed E-state index contributed by atoms with van der Waals surface area (Å²) in [7, 11) is 1.77. The minimum absolute atomic E-state index is 0.593. The van der Waals surface area contributed by atoms with Crippen LogP contribution in [0.2, 0.25) is 0 Å². The van der Waals surface area contributed by atoms with Crippen LogP contribution in [0.3, 0.4) is 0 Å². The molecule has 2 nitrogen and oxygen atoms in total. The van der Waals surface area contributed by atoms with Gasteiger partial charge >= 0.3 is 0 Å². The second-order valence-corrected chi connectivity index (χ2v) is 33.7. The van der Waals surface area contributed by atoms with Crippen LogP contribution in [0.5, 0.6) is 5.06 Å². The maximum atomic E-state index is 6.36. The maximum Gasteiger partial charge on any atom is 0.174 e. The Labute approximate surface area is 572 Å². The SMILES string of the molecule is CCCCCCCCCCCCc1cc(C)sc1-c1cc(CCCCCCCCCCCC)c(-c2ccc(-c3ccc(-c4ccc(-c5sc(-c6sc(OCCOC)cc6CCCCCCCCCCCC)cc5CCCCCCCCCCCC)s4)s3)s2)s1. The monoisotopic (exact) mass is 1340 g/mol. The van der Waals surface area contributed by atoms with Crippen LogP contribution in [0.1, 0.15) is 312 Å². The standard InChI is InChI=1S/C80H120O2S7/c1-7-11-15-19-23-27-31-35-39-43-47-64-59-63(5)83-79(64)74-60-65(48-44-40-36-32-28-24-20-16-12-8-2)77(87-74)72-55-53-70(85-72)68-51-52-69(84-68)71-54-56-73(86-71)78-66(49-45-41-37-33-29-25-21-17-13-9-3)61-75(88-78)80-67(62-76(89-80)82-58-57-81-6)50-46-42-38-34-30-26-22-18-14-10-4/h51-56,59-62H,7-50,57-58H2,1-6H3. The summed E-state index contributed by atoms with van der Waals surface area (Å²) in [4.78, 5) is 18.8. The van der Waals surface area contributed by atoms with Gasteiger partial charge < -0.3 is 9.47 Å². The second kappa shape index (κ2) is 45.1. The Bertz CT molecular complexity index is 2890. The molecule has 7 aromatic heterocycles. The van der Waals surface area contributed by atoms with E-state index < -0.39 is 0 Å². The molecule has 0 N–H and O–H groups in total. The van der Waals surface area contributed by atoms with E-state index in [2.05, 4.69) is 107 Å². The van der Waals surface area contributed by atoms with Crippen molar-refractivity contribution in [2.24, 2.45) is 0 Å². The van der Waals surface area contributed by atoms with E-state index in [1.165, 1.54) is 334 Å². The molecule has 0 aliphatic heterocycles. The number of aryl methyl sites for hydroxylation is 5. The van der Waals surface area contributed by atoms with Crippen LogP contribution >= 0.6 is 79.4 Å². The van der Waals surface area contributed by atoms with Crippen LogP contribution in [0, 0.1) is 6.92 Å². The smallest absolute Gasteiger partial charge is 0.174 e. The number of ether oxygens (including phenoxy) is 2. The quantitative estimate of drug-likeness (QED) is 0.0354. The number of hydrogen-bond donors (Lipinski definition) is 0. The molecule has 7 rings (SSSR count). The zero-order valence-corrected chi connectivity index (χ0v) is 62.7. The lowest BCUT2D eigenvalue weighted by Crippen LogP contribution is -2.02. The zero-order chi connectivity index (χ0) is 62.4. The van der Waals surface area contributed by atoms with Gasteiger partial charge in [0.05, 0.1) is 11.5 Å². The molecular formula is C80H120O2S7. The molecule has 0 saturated heterocycles. The lowest BCUT2D eigenvalue weighted by atomic mass is 10.0. The van der Waals surface area contributed by atoms with E-state index in [-0.39, 0.29) is 0 Å². The van der Waals surface area contributed by atoms with Crippen LogP contribution in [0.15, 0.2) is 60.7 Å². The Morgan fingerprint density at radius 2 is 0.528 bits per heavy atom.